The Kier molecular flexibility index (Phi) is 3.09. The van der Waals surface area contributed by atoms with E-state index in [0.717, 1.165) is 18.4 Å². The normalized spacial score (nSPS) is 31.7. The molecule has 2 atom stereocenters. The maximum atomic E-state index is 9.49. The van der Waals surface area contributed by atoms with Crippen LogP contribution in [0.1, 0.15) is 26.2 Å². The van der Waals surface area contributed by atoms with E-state index in [1.165, 1.54) is 0 Å². The first-order valence-corrected chi connectivity index (χ1v) is 4.22. The summed E-state index contributed by atoms with van der Waals surface area (Å²) >= 11 is 0. The zero-order chi connectivity index (χ0) is 8.27. The molecule has 1 rings (SSSR count). The fourth-order valence-corrected chi connectivity index (χ4v) is 1.52. The molecule has 1 aliphatic rings. The van der Waals surface area contributed by atoms with E-state index in [1.54, 1.807) is 0 Å². The molecule has 2 nitrogen and oxygen atoms in total. The van der Waals surface area contributed by atoms with Gasteiger partial charge in [0.1, 0.15) is 0 Å². The predicted molar refractivity (Wildman–Crippen MR) is 44.2 cm³/mol. The third-order valence-corrected chi connectivity index (χ3v) is 2.24. The first-order valence-electron chi connectivity index (χ1n) is 4.22. The van der Waals surface area contributed by atoms with Gasteiger partial charge in [0.2, 0.25) is 0 Å². The number of allylic oxidation sites excluding steroid dienone is 1. The van der Waals surface area contributed by atoms with Crippen molar-refractivity contribution in [2.24, 2.45) is 5.92 Å². The van der Waals surface area contributed by atoms with Crippen molar-refractivity contribution in [2.45, 2.75) is 32.3 Å². The van der Waals surface area contributed by atoms with Crippen LogP contribution in [0, 0.1) is 5.92 Å². The van der Waals surface area contributed by atoms with Crippen molar-refractivity contribution in [3.63, 3.8) is 0 Å². The van der Waals surface area contributed by atoms with Crippen molar-refractivity contribution < 1.29 is 10.2 Å². The molecule has 0 saturated carbocycles. The minimum Gasteiger partial charge on any atom is -0.396 e. The van der Waals surface area contributed by atoms with Gasteiger partial charge in [0.15, 0.2) is 0 Å². The first kappa shape index (κ1) is 8.75. The summed E-state index contributed by atoms with van der Waals surface area (Å²) in [6.45, 7) is 2.28. The molecule has 0 bridgehead atoms. The largest absolute Gasteiger partial charge is 0.396 e. The van der Waals surface area contributed by atoms with Crippen molar-refractivity contribution in [1.82, 2.24) is 0 Å². The van der Waals surface area contributed by atoms with Crippen LogP contribution in [0.25, 0.3) is 0 Å². The lowest BCUT2D eigenvalue weighted by Gasteiger charge is -2.23. The van der Waals surface area contributed by atoms with Gasteiger partial charge in [0, 0.05) is 6.61 Å². The fourth-order valence-electron chi connectivity index (χ4n) is 1.52. The number of aliphatic hydroxyl groups excluding tert-OH is 2. The number of hydrogen-bond acceptors (Lipinski definition) is 2. The Morgan fingerprint density at radius 1 is 1.64 bits per heavy atom. The summed E-state index contributed by atoms with van der Waals surface area (Å²) in [5.74, 6) is 0.590. The van der Waals surface area contributed by atoms with E-state index < -0.39 is 0 Å². The maximum absolute atomic E-state index is 9.49. The molecule has 0 fully saturated rings. The second-order valence-corrected chi connectivity index (χ2v) is 3.35. The molecule has 0 aromatic carbocycles. The highest BCUT2D eigenvalue weighted by Gasteiger charge is 2.18. The summed E-state index contributed by atoms with van der Waals surface area (Å²) in [5, 5.41) is 18.1. The second kappa shape index (κ2) is 3.88. The fraction of sp³-hybridized carbons (Fsp3) is 0.778. The molecule has 0 aliphatic heterocycles. The number of hydrogen-bond donors (Lipinski definition) is 2. The van der Waals surface area contributed by atoms with Gasteiger partial charge in [0.25, 0.3) is 0 Å². The van der Waals surface area contributed by atoms with Gasteiger partial charge < -0.3 is 10.2 Å². The molecular weight excluding hydrogens is 140 g/mol. The van der Waals surface area contributed by atoms with Gasteiger partial charge in [-0.15, -0.1) is 0 Å². The van der Waals surface area contributed by atoms with Gasteiger partial charge in [0.05, 0.1) is 6.10 Å². The molecule has 0 amide bonds. The van der Waals surface area contributed by atoms with Crippen LogP contribution in [0.5, 0.6) is 0 Å². The lowest BCUT2D eigenvalue weighted by Crippen LogP contribution is -2.19. The molecule has 2 N–H and O–H groups in total. The van der Waals surface area contributed by atoms with Gasteiger partial charge >= 0.3 is 0 Å². The predicted octanol–water partition coefficient (Wildman–Crippen LogP) is 1.09. The summed E-state index contributed by atoms with van der Waals surface area (Å²) in [6, 6.07) is 0. The SMILES string of the molecule is C[C@H]1CC=C(CCO)[C@H](O)C1. The smallest absolute Gasteiger partial charge is 0.0753 e. The second-order valence-electron chi connectivity index (χ2n) is 3.35. The Morgan fingerprint density at radius 2 is 2.36 bits per heavy atom. The van der Waals surface area contributed by atoms with Gasteiger partial charge in [-0.05, 0) is 30.8 Å². The quantitative estimate of drug-likeness (QED) is 0.587. The van der Waals surface area contributed by atoms with Gasteiger partial charge in [-0.2, -0.15) is 0 Å². The van der Waals surface area contributed by atoms with Crippen LogP contribution in [0.3, 0.4) is 0 Å². The van der Waals surface area contributed by atoms with Crippen molar-refractivity contribution in [3.05, 3.63) is 11.6 Å². The third kappa shape index (κ3) is 2.31. The highest BCUT2D eigenvalue weighted by molar-refractivity contribution is 5.11. The van der Waals surface area contributed by atoms with E-state index in [2.05, 4.69) is 13.0 Å². The van der Waals surface area contributed by atoms with E-state index in [9.17, 15) is 5.11 Å². The topological polar surface area (TPSA) is 40.5 Å². The Labute approximate surface area is 67.6 Å². The minimum absolute atomic E-state index is 0.150. The number of rotatable bonds is 2. The summed E-state index contributed by atoms with van der Waals surface area (Å²) in [5.41, 5.74) is 1.02. The molecule has 11 heavy (non-hydrogen) atoms. The monoisotopic (exact) mass is 156 g/mol. The molecule has 64 valence electrons. The van der Waals surface area contributed by atoms with Gasteiger partial charge in [-0.1, -0.05) is 13.0 Å². The Balaban J connectivity index is 2.50. The third-order valence-electron chi connectivity index (χ3n) is 2.24. The molecule has 0 aromatic heterocycles. The zero-order valence-corrected chi connectivity index (χ0v) is 6.95. The first-order chi connectivity index (χ1) is 5.24. The van der Waals surface area contributed by atoms with E-state index in [0.29, 0.717) is 12.3 Å². The van der Waals surface area contributed by atoms with Crippen molar-refractivity contribution in [2.75, 3.05) is 6.61 Å². The summed E-state index contributed by atoms with van der Waals surface area (Å²) < 4.78 is 0. The molecule has 0 unspecified atom stereocenters. The van der Waals surface area contributed by atoms with E-state index in [-0.39, 0.29) is 12.7 Å². The average molecular weight is 156 g/mol. The van der Waals surface area contributed by atoms with Gasteiger partial charge in [-0.25, -0.2) is 0 Å². The molecule has 0 saturated heterocycles. The van der Waals surface area contributed by atoms with Crippen LogP contribution >= 0.6 is 0 Å². The molecule has 0 spiro atoms. The summed E-state index contributed by atoms with van der Waals surface area (Å²) in [4.78, 5) is 0. The Morgan fingerprint density at radius 3 is 2.91 bits per heavy atom. The van der Waals surface area contributed by atoms with Crippen molar-refractivity contribution in [1.29, 1.82) is 0 Å². The maximum Gasteiger partial charge on any atom is 0.0753 e. The van der Waals surface area contributed by atoms with Crippen LogP contribution in [0.15, 0.2) is 11.6 Å². The van der Waals surface area contributed by atoms with Gasteiger partial charge in [-0.3, -0.25) is 0 Å². The van der Waals surface area contributed by atoms with Crippen LogP contribution in [-0.2, 0) is 0 Å². The van der Waals surface area contributed by atoms with E-state index >= 15 is 0 Å². The van der Waals surface area contributed by atoms with Crippen molar-refractivity contribution >= 4 is 0 Å². The molecule has 0 radical (unpaired) electrons. The van der Waals surface area contributed by atoms with Crippen molar-refractivity contribution in [3.8, 4) is 0 Å². The highest BCUT2D eigenvalue weighted by atomic mass is 16.3. The number of aliphatic hydroxyl groups is 2. The summed E-state index contributed by atoms with van der Waals surface area (Å²) in [7, 11) is 0. The van der Waals surface area contributed by atoms with E-state index in [4.69, 9.17) is 5.11 Å². The molecule has 0 heterocycles. The van der Waals surface area contributed by atoms with Crippen LogP contribution < -0.4 is 0 Å². The standard InChI is InChI=1S/C9H16O2/c1-7-2-3-8(4-5-10)9(11)6-7/h3,7,9-11H,2,4-6H2,1H3/t7-,9+/m0/s1. The van der Waals surface area contributed by atoms with Crippen LogP contribution in [0.4, 0.5) is 0 Å². The van der Waals surface area contributed by atoms with E-state index in [1.807, 2.05) is 0 Å². The minimum atomic E-state index is -0.300. The Bertz CT molecular complexity index is 152. The molecule has 2 heteroatoms. The lowest BCUT2D eigenvalue weighted by molar-refractivity contribution is 0.160. The molecular formula is C9H16O2. The lowest BCUT2D eigenvalue weighted by atomic mass is 9.87. The zero-order valence-electron chi connectivity index (χ0n) is 6.95. The summed E-state index contributed by atoms with van der Waals surface area (Å²) in [6.07, 6.45) is 4.30. The Hall–Kier alpha value is -0.340. The van der Waals surface area contributed by atoms with Crippen LogP contribution in [-0.4, -0.2) is 22.9 Å². The average Bonchev–Trinajstić information content (AvgIpc) is 1.95. The van der Waals surface area contributed by atoms with Crippen LogP contribution in [0.2, 0.25) is 0 Å². The highest BCUT2D eigenvalue weighted by Crippen LogP contribution is 2.24. The molecule has 1 aliphatic carbocycles. The molecule has 0 aromatic rings.